The van der Waals surface area contributed by atoms with Crippen molar-refractivity contribution in [2.75, 3.05) is 11.9 Å². The van der Waals surface area contributed by atoms with Gasteiger partial charge in [-0.05, 0) is 62.6 Å². The van der Waals surface area contributed by atoms with Crippen LogP contribution in [0.1, 0.15) is 42.5 Å². The van der Waals surface area contributed by atoms with Crippen molar-refractivity contribution in [2.45, 2.75) is 39.3 Å². The van der Waals surface area contributed by atoms with Gasteiger partial charge in [0, 0.05) is 24.3 Å². The van der Waals surface area contributed by atoms with E-state index in [0.717, 1.165) is 12.0 Å². The molecule has 1 aliphatic heterocycles. The molecule has 1 aromatic carbocycles. The molecule has 0 spiro atoms. The summed E-state index contributed by atoms with van der Waals surface area (Å²) >= 11 is 0. The van der Waals surface area contributed by atoms with Gasteiger partial charge in [0.15, 0.2) is 5.76 Å². The first-order chi connectivity index (χ1) is 11.8. The summed E-state index contributed by atoms with van der Waals surface area (Å²) in [4.78, 5) is 26.2. The third kappa shape index (κ3) is 4.21. The van der Waals surface area contributed by atoms with E-state index in [0.29, 0.717) is 24.5 Å². The molecule has 6 nitrogen and oxygen atoms in total. The molecule has 0 bridgehead atoms. The Morgan fingerprint density at radius 3 is 2.64 bits per heavy atom. The van der Waals surface area contributed by atoms with E-state index in [9.17, 15) is 9.59 Å². The van der Waals surface area contributed by atoms with Crippen molar-refractivity contribution in [1.29, 1.82) is 0 Å². The van der Waals surface area contributed by atoms with Gasteiger partial charge in [-0.25, -0.2) is 4.79 Å². The largest absolute Gasteiger partial charge is 0.459 e. The van der Waals surface area contributed by atoms with E-state index in [4.69, 9.17) is 4.42 Å². The predicted octanol–water partition coefficient (Wildman–Crippen LogP) is 3.40. The van der Waals surface area contributed by atoms with E-state index in [-0.39, 0.29) is 17.5 Å². The van der Waals surface area contributed by atoms with Crippen LogP contribution in [-0.4, -0.2) is 28.9 Å². The lowest BCUT2D eigenvalue weighted by molar-refractivity contribution is 0.0702. The van der Waals surface area contributed by atoms with Gasteiger partial charge in [-0.3, -0.25) is 4.79 Å². The summed E-state index contributed by atoms with van der Waals surface area (Å²) in [7, 11) is 0. The van der Waals surface area contributed by atoms with Crippen LogP contribution in [0.3, 0.4) is 0 Å². The van der Waals surface area contributed by atoms with E-state index in [1.807, 2.05) is 39.0 Å². The van der Waals surface area contributed by atoms with Gasteiger partial charge in [-0.15, -0.1) is 0 Å². The van der Waals surface area contributed by atoms with E-state index in [2.05, 4.69) is 10.6 Å². The van der Waals surface area contributed by atoms with Gasteiger partial charge in [0.1, 0.15) is 0 Å². The van der Waals surface area contributed by atoms with Crippen LogP contribution < -0.4 is 10.6 Å². The van der Waals surface area contributed by atoms with Crippen LogP contribution in [-0.2, 0) is 13.0 Å². The van der Waals surface area contributed by atoms with Crippen molar-refractivity contribution < 1.29 is 14.0 Å². The molecule has 3 rings (SSSR count). The fraction of sp³-hybridized carbons (Fsp3) is 0.368. The molecule has 2 heterocycles. The smallest absolute Gasteiger partial charge is 0.319 e. The third-order valence-electron chi connectivity index (χ3n) is 3.98. The number of hydrogen-bond donors (Lipinski definition) is 2. The summed E-state index contributed by atoms with van der Waals surface area (Å²) in [5.74, 6) is 0.238. The zero-order chi connectivity index (χ0) is 18.0. The Kier molecular flexibility index (Phi) is 4.53. The molecule has 1 aromatic heterocycles. The van der Waals surface area contributed by atoms with Gasteiger partial charge in [0.2, 0.25) is 0 Å². The van der Waals surface area contributed by atoms with Crippen LogP contribution in [0.2, 0.25) is 0 Å². The molecule has 0 saturated carbocycles. The number of nitrogens with zero attached hydrogens (tertiary/aromatic N) is 1. The second-order valence-corrected chi connectivity index (χ2v) is 7.27. The number of carbonyl (C=O) groups is 2. The molecule has 25 heavy (non-hydrogen) atoms. The molecule has 0 fully saturated rings. The average Bonchev–Trinajstić information content (AvgIpc) is 3.06. The molecule has 0 unspecified atom stereocenters. The quantitative estimate of drug-likeness (QED) is 0.879. The van der Waals surface area contributed by atoms with Crippen molar-refractivity contribution in [1.82, 2.24) is 10.2 Å². The van der Waals surface area contributed by atoms with Crippen molar-refractivity contribution in [3.05, 3.63) is 53.5 Å². The third-order valence-corrected chi connectivity index (χ3v) is 3.98. The number of furan rings is 1. The van der Waals surface area contributed by atoms with Gasteiger partial charge in [-0.1, -0.05) is 6.07 Å². The van der Waals surface area contributed by atoms with Crippen molar-refractivity contribution in [3.63, 3.8) is 0 Å². The highest BCUT2D eigenvalue weighted by molar-refractivity contribution is 5.92. The minimum absolute atomic E-state index is 0.112. The Labute approximate surface area is 147 Å². The second kappa shape index (κ2) is 6.63. The number of benzene rings is 1. The van der Waals surface area contributed by atoms with Crippen LogP contribution in [0, 0.1) is 0 Å². The number of anilines is 1. The summed E-state index contributed by atoms with van der Waals surface area (Å²) in [6.45, 7) is 6.95. The molecule has 132 valence electrons. The summed E-state index contributed by atoms with van der Waals surface area (Å²) in [6, 6.07) is 8.97. The zero-order valence-corrected chi connectivity index (χ0v) is 14.8. The van der Waals surface area contributed by atoms with E-state index >= 15 is 0 Å². The first kappa shape index (κ1) is 17.1. The molecule has 3 amide bonds. The Balaban J connectivity index is 1.71. The fourth-order valence-corrected chi connectivity index (χ4v) is 2.87. The number of hydrogen-bond acceptors (Lipinski definition) is 3. The number of amides is 3. The van der Waals surface area contributed by atoms with E-state index in [1.165, 1.54) is 11.8 Å². The fourth-order valence-electron chi connectivity index (χ4n) is 2.87. The van der Waals surface area contributed by atoms with Crippen molar-refractivity contribution in [3.8, 4) is 0 Å². The van der Waals surface area contributed by atoms with Crippen LogP contribution in [0.25, 0.3) is 0 Å². The summed E-state index contributed by atoms with van der Waals surface area (Å²) in [5, 5.41) is 5.71. The van der Waals surface area contributed by atoms with Crippen molar-refractivity contribution >= 4 is 17.6 Å². The van der Waals surface area contributed by atoms with Crippen LogP contribution in [0.4, 0.5) is 10.5 Å². The standard InChI is InChI=1S/C19H23N3O3/c1-19(2,3)21-18(24)20-15-7-6-13-8-9-22(12-14(13)11-15)17(23)16-5-4-10-25-16/h4-7,10-11H,8-9,12H2,1-3H3,(H2,20,21,24). The lowest BCUT2D eigenvalue weighted by Crippen LogP contribution is -2.43. The van der Waals surface area contributed by atoms with E-state index in [1.54, 1.807) is 17.0 Å². The molecule has 6 heteroatoms. The molecule has 2 aromatic rings. The maximum Gasteiger partial charge on any atom is 0.319 e. The highest BCUT2D eigenvalue weighted by Gasteiger charge is 2.24. The van der Waals surface area contributed by atoms with Crippen LogP contribution in [0.15, 0.2) is 41.0 Å². The summed E-state index contributed by atoms with van der Waals surface area (Å²) < 4.78 is 5.20. The molecule has 2 N–H and O–H groups in total. The number of nitrogens with one attached hydrogen (secondary N) is 2. The Morgan fingerprint density at radius 2 is 1.96 bits per heavy atom. The predicted molar refractivity (Wildman–Crippen MR) is 95.5 cm³/mol. The monoisotopic (exact) mass is 341 g/mol. The Bertz CT molecular complexity index is 776. The normalized spacial score (nSPS) is 14.0. The van der Waals surface area contributed by atoms with Gasteiger partial charge in [0.25, 0.3) is 5.91 Å². The summed E-state index contributed by atoms with van der Waals surface area (Å²) in [5.41, 5.74) is 2.66. The van der Waals surface area contributed by atoms with E-state index < -0.39 is 0 Å². The maximum absolute atomic E-state index is 12.4. The molecule has 1 aliphatic rings. The van der Waals surface area contributed by atoms with Gasteiger partial charge < -0.3 is 20.0 Å². The number of rotatable bonds is 2. The maximum atomic E-state index is 12.4. The molecule has 0 atom stereocenters. The van der Waals surface area contributed by atoms with Crippen LogP contribution in [0.5, 0.6) is 0 Å². The molecule has 0 radical (unpaired) electrons. The molecule has 0 saturated heterocycles. The SMILES string of the molecule is CC(C)(C)NC(=O)Nc1ccc2c(c1)CN(C(=O)c1ccco1)CC2. The van der Waals surface area contributed by atoms with Gasteiger partial charge in [-0.2, -0.15) is 0 Å². The molecular formula is C19H23N3O3. The lowest BCUT2D eigenvalue weighted by atomic mass is 9.99. The minimum atomic E-state index is -0.301. The number of carbonyl (C=O) groups excluding carboxylic acids is 2. The van der Waals surface area contributed by atoms with Gasteiger partial charge >= 0.3 is 6.03 Å². The highest BCUT2D eigenvalue weighted by Crippen LogP contribution is 2.24. The molecular weight excluding hydrogens is 318 g/mol. The number of fused-ring (bicyclic) bond motifs is 1. The minimum Gasteiger partial charge on any atom is -0.459 e. The lowest BCUT2D eigenvalue weighted by Gasteiger charge is -2.28. The molecule has 0 aliphatic carbocycles. The van der Waals surface area contributed by atoms with Gasteiger partial charge in [0.05, 0.1) is 6.26 Å². The second-order valence-electron chi connectivity index (χ2n) is 7.27. The Morgan fingerprint density at radius 1 is 1.16 bits per heavy atom. The first-order valence-electron chi connectivity index (χ1n) is 8.35. The topological polar surface area (TPSA) is 74.6 Å². The highest BCUT2D eigenvalue weighted by atomic mass is 16.3. The van der Waals surface area contributed by atoms with Crippen LogP contribution >= 0.6 is 0 Å². The average molecular weight is 341 g/mol. The van der Waals surface area contributed by atoms with Crippen molar-refractivity contribution in [2.24, 2.45) is 0 Å². The Hall–Kier alpha value is -2.76. The zero-order valence-electron chi connectivity index (χ0n) is 14.8. The summed E-state index contributed by atoms with van der Waals surface area (Å²) in [6.07, 6.45) is 2.29. The number of urea groups is 1. The first-order valence-corrected chi connectivity index (χ1v) is 8.35.